The van der Waals surface area contributed by atoms with Crippen LogP contribution in [-0.2, 0) is 0 Å². The Hall–Kier alpha value is -7.62. The van der Waals surface area contributed by atoms with E-state index in [4.69, 9.17) is 4.42 Å². The number of hydrogen-bond acceptors (Lipinski definition) is 2. The molecular weight excluding hydrogens is 693 g/mol. The zero-order valence-corrected chi connectivity index (χ0v) is 31.1. The van der Waals surface area contributed by atoms with Crippen LogP contribution in [0.5, 0.6) is 0 Å². The van der Waals surface area contributed by atoms with Crippen LogP contribution in [0.1, 0.15) is 0 Å². The van der Waals surface area contributed by atoms with E-state index < -0.39 is 0 Å². The van der Waals surface area contributed by atoms with Gasteiger partial charge in [0.15, 0.2) is 0 Å². The maximum atomic E-state index is 6.34. The molecule has 57 heavy (non-hydrogen) atoms. The number of rotatable bonds is 7. The van der Waals surface area contributed by atoms with Crippen molar-refractivity contribution in [3.63, 3.8) is 0 Å². The van der Waals surface area contributed by atoms with Crippen molar-refractivity contribution in [2.24, 2.45) is 0 Å². The second-order valence-electron chi connectivity index (χ2n) is 14.6. The number of nitrogens with zero attached hydrogens (tertiary/aromatic N) is 2. The fraction of sp³-hybridized carbons (Fsp3) is 0. The summed E-state index contributed by atoms with van der Waals surface area (Å²) in [4.78, 5) is 2.33. The number of anilines is 3. The first-order valence-electron chi connectivity index (χ1n) is 19.4. The Labute approximate surface area is 330 Å². The van der Waals surface area contributed by atoms with Gasteiger partial charge >= 0.3 is 0 Å². The van der Waals surface area contributed by atoms with E-state index in [1.54, 1.807) is 0 Å². The van der Waals surface area contributed by atoms with Gasteiger partial charge in [0.25, 0.3) is 0 Å². The van der Waals surface area contributed by atoms with Gasteiger partial charge in [-0.1, -0.05) is 140 Å². The van der Waals surface area contributed by atoms with Crippen LogP contribution in [0.15, 0.2) is 223 Å². The van der Waals surface area contributed by atoms with Crippen LogP contribution in [0.2, 0.25) is 0 Å². The molecule has 2 heterocycles. The van der Waals surface area contributed by atoms with Crippen molar-refractivity contribution in [1.82, 2.24) is 4.57 Å². The SMILES string of the molecule is c1ccc(-c2ccc(N(c3ccccc3)c3cccc(-c4cccc(-c5ccc6c7ccccc7n(-c7ccc8c(c7)oc7ccccc78)c6c5)c4)c3)cc2)cc1. The van der Waals surface area contributed by atoms with Gasteiger partial charge in [-0.2, -0.15) is 0 Å². The Balaban J connectivity index is 0.987. The molecule has 0 aliphatic heterocycles. The molecule has 0 fully saturated rings. The highest BCUT2D eigenvalue weighted by Gasteiger charge is 2.17. The lowest BCUT2D eigenvalue weighted by molar-refractivity contribution is 0.668. The van der Waals surface area contributed by atoms with E-state index in [2.05, 4.69) is 216 Å². The molecule has 11 rings (SSSR count). The van der Waals surface area contributed by atoms with E-state index in [1.807, 2.05) is 12.1 Å². The van der Waals surface area contributed by atoms with Gasteiger partial charge in [0.1, 0.15) is 11.2 Å². The molecule has 0 aliphatic carbocycles. The molecular formula is C54H36N2O. The van der Waals surface area contributed by atoms with Crippen LogP contribution < -0.4 is 4.90 Å². The van der Waals surface area contributed by atoms with E-state index >= 15 is 0 Å². The lowest BCUT2D eigenvalue weighted by Crippen LogP contribution is -2.09. The highest BCUT2D eigenvalue weighted by atomic mass is 16.3. The summed E-state index contributed by atoms with van der Waals surface area (Å²) >= 11 is 0. The Kier molecular flexibility index (Phi) is 7.82. The Morgan fingerprint density at radius 3 is 1.63 bits per heavy atom. The molecule has 9 aromatic carbocycles. The van der Waals surface area contributed by atoms with Crippen LogP contribution in [0.4, 0.5) is 17.1 Å². The maximum Gasteiger partial charge on any atom is 0.137 e. The molecule has 3 nitrogen and oxygen atoms in total. The summed E-state index contributed by atoms with van der Waals surface area (Å²) in [5.41, 5.74) is 15.6. The zero-order valence-electron chi connectivity index (χ0n) is 31.1. The molecule has 0 atom stereocenters. The average molecular weight is 729 g/mol. The van der Waals surface area contributed by atoms with Crippen LogP contribution in [0, 0.1) is 0 Å². The largest absolute Gasteiger partial charge is 0.456 e. The highest BCUT2D eigenvalue weighted by Crippen LogP contribution is 2.40. The van der Waals surface area contributed by atoms with Crippen molar-refractivity contribution in [2.45, 2.75) is 0 Å². The van der Waals surface area contributed by atoms with Gasteiger partial charge in [-0.3, -0.25) is 0 Å². The minimum atomic E-state index is 0.890. The molecule has 0 amide bonds. The van der Waals surface area contributed by atoms with Gasteiger partial charge in [-0.05, 0) is 106 Å². The fourth-order valence-corrected chi connectivity index (χ4v) is 8.44. The number of para-hydroxylation sites is 3. The molecule has 3 heteroatoms. The number of benzene rings is 9. The van der Waals surface area contributed by atoms with Crippen molar-refractivity contribution in [1.29, 1.82) is 0 Å². The van der Waals surface area contributed by atoms with Gasteiger partial charge < -0.3 is 13.9 Å². The quantitative estimate of drug-likeness (QED) is 0.163. The summed E-state index contributed by atoms with van der Waals surface area (Å²) in [6.07, 6.45) is 0. The zero-order chi connectivity index (χ0) is 37.7. The van der Waals surface area contributed by atoms with E-state index in [0.29, 0.717) is 0 Å². The number of fused-ring (bicyclic) bond motifs is 6. The molecule has 0 spiro atoms. The van der Waals surface area contributed by atoms with Crippen LogP contribution in [0.25, 0.3) is 82.8 Å². The second kappa shape index (κ2) is 13.6. The Morgan fingerprint density at radius 2 is 0.825 bits per heavy atom. The van der Waals surface area contributed by atoms with Gasteiger partial charge in [0, 0.05) is 50.4 Å². The number of hydrogen-bond donors (Lipinski definition) is 0. The first kappa shape index (κ1) is 32.8. The lowest BCUT2D eigenvalue weighted by Gasteiger charge is -2.26. The summed E-state index contributed by atoms with van der Waals surface area (Å²) in [5, 5.41) is 4.72. The summed E-state index contributed by atoms with van der Waals surface area (Å²) in [5.74, 6) is 0. The Morgan fingerprint density at radius 1 is 0.298 bits per heavy atom. The third-order valence-electron chi connectivity index (χ3n) is 11.2. The molecule has 2 aromatic heterocycles. The number of aromatic nitrogens is 1. The van der Waals surface area contributed by atoms with Gasteiger partial charge in [-0.25, -0.2) is 0 Å². The van der Waals surface area contributed by atoms with E-state index in [-0.39, 0.29) is 0 Å². The minimum absolute atomic E-state index is 0.890. The summed E-state index contributed by atoms with van der Waals surface area (Å²) in [6, 6.07) is 78.1. The molecule has 0 N–H and O–H groups in total. The summed E-state index contributed by atoms with van der Waals surface area (Å²) in [6.45, 7) is 0. The molecule has 0 bridgehead atoms. The first-order chi connectivity index (χ1) is 28.2. The second-order valence-corrected chi connectivity index (χ2v) is 14.6. The lowest BCUT2D eigenvalue weighted by atomic mass is 9.97. The Bertz CT molecular complexity index is 3230. The first-order valence-corrected chi connectivity index (χ1v) is 19.4. The van der Waals surface area contributed by atoms with Crippen molar-refractivity contribution >= 4 is 60.8 Å². The molecule has 0 saturated heterocycles. The summed E-state index contributed by atoms with van der Waals surface area (Å²) in [7, 11) is 0. The smallest absolute Gasteiger partial charge is 0.137 e. The molecule has 268 valence electrons. The van der Waals surface area contributed by atoms with Gasteiger partial charge in [-0.15, -0.1) is 0 Å². The normalized spacial score (nSPS) is 11.5. The van der Waals surface area contributed by atoms with E-state index in [9.17, 15) is 0 Å². The van der Waals surface area contributed by atoms with Crippen LogP contribution in [0.3, 0.4) is 0 Å². The summed E-state index contributed by atoms with van der Waals surface area (Å²) < 4.78 is 8.72. The number of furan rings is 1. The highest BCUT2D eigenvalue weighted by molar-refractivity contribution is 6.11. The van der Waals surface area contributed by atoms with Crippen LogP contribution in [-0.4, -0.2) is 4.57 Å². The molecule has 0 unspecified atom stereocenters. The molecule has 0 saturated carbocycles. The van der Waals surface area contributed by atoms with Crippen molar-refractivity contribution in [3.8, 4) is 39.1 Å². The minimum Gasteiger partial charge on any atom is -0.456 e. The van der Waals surface area contributed by atoms with E-state index in [0.717, 1.165) is 61.3 Å². The van der Waals surface area contributed by atoms with Crippen molar-refractivity contribution in [2.75, 3.05) is 4.90 Å². The fourth-order valence-electron chi connectivity index (χ4n) is 8.44. The van der Waals surface area contributed by atoms with Gasteiger partial charge in [0.05, 0.1) is 11.0 Å². The topological polar surface area (TPSA) is 21.3 Å². The standard InChI is InChI=1S/C54H36N2O/c1-3-13-37(14-4-1)38-25-28-44(29-26-38)55(43-18-5-2-6-19-43)45-20-12-17-41(34-45)39-15-11-16-40(33-39)42-27-31-48-47-21-7-9-23-51(47)56(52(48)35-42)46-30-32-50-49-22-8-10-24-53(49)57-54(50)36-46/h1-36H. The van der Waals surface area contributed by atoms with Crippen molar-refractivity contribution < 1.29 is 4.42 Å². The third kappa shape index (κ3) is 5.76. The maximum absolute atomic E-state index is 6.34. The molecule has 11 aromatic rings. The monoisotopic (exact) mass is 728 g/mol. The van der Waals surface area contributed by atoms with Crippen LogP contribution >= 0.6 is 0 Å². The van der Waals surface area contributed by atoms with Crippen molar-refractivity contribution in [3.05, 3.63) is 218 Å². The predicted octanol–water partition coefficient (Wildman–Crippen LogP) is 15.2. The van der Waals surface area contributed by atoms with Gasteiger partial charge in [0.2, 0.25) is 0 Å². The average Bonchev–Trinajstić information content (AvgIpc) is 3.82. The molecule has 0 radical (unpaired) electrons. The van der Waals surface area contributed by atoms with E-state index in [1.165, 1.54) is 38.5 Å². The molecule has 0 aliphatic rings. The third-order valence-corrected chi connectivity index (χ3v) is 11.2. The predicted molar refractivity (Wildman–Crippen MR) is 239 cm³/mol.